The summed E-state index contributed by atoms with van der Waals surface area (Å²) in [6.07, 6.45) is 4.86. The summed E-state index contributed by atoms with van der Waals surface area (Å²) >= 11 is 0. The van der Waals surface area contributed by atoms with Crippen LogP contribution in [-0.2, 0) is 6.42 Å². The zero-order valence-corrected chi connectivity index (χ0v) is 25.2. The van der Waals surface area contributed by atoms with Crippen molar-refractivity contribution in [1.29, 1.82) is 0 Å². The molecule has 44 heavy (non-hydrogen) atoms. The third-order valence-corrected chi connectivity index (χ3v) is 9.42. The highest BCUT2D eigenvalue weighted by Crippen LogP contribution is 2.62. The van der Waals surface area contributed by atoms with E-state index in [-0.39, 0.29) is 17.3 Å². The fourth-order valence-electron chi connectivity index (χ4n) is 7.73. The van der Waals surface area contributed by atoms with Crippen LogP contribution in [0.5, 0.6) is 5.75 Å². The van der Waals surface area contributed by atoms with E-state index in [1.807, 2.05) is 91.9 Å². The van der Waals surface area contributed by atoms with Gasteiger partial charge in [0.15, 0.2) is 17.3 Å². The normalized spacial score (nSPS) is 21.0. The van der Waals surface area contributed by atoms with Crippen molar-refractivity contribution < 1.29 is 19.1 Å². The van der Waals surface area contributed by atoms with Crippen LogP contribution < -0.4 is 9.64 Å². The fraction of sp³-hybridized carbons (Fsp3) is 0.256. The SMILES string of the molecule is CCOc1ccccc1[C@@H]1[C@@H](C(=O)c2ccc(CC(C)C)cc2)N2c3ccccc3C=C[C@@H]2C12C(=O)c1ccccc1C2=O. The molecule has 2 aliphatic heterocycles. The molecule has 0 amide bonds. The second kappa shape index (κ2) is 10.7. The molecule has 0 aromatic heterocycles. The highest BCUT2D eigenvalue weighted by molar-refractivity contribution is 6.32. The Bertz CT molecular complexity index is 1780. The maximum absolute atomic E-state index is 15.0. The minimum absolute atomic E-state index is 0.124. The molecule has 3 aliphatic rings. The zero-order valence-electron chi connectivity index (χ0n) is 25.2. The lowest BCUT2D eigenvalue weighted by Crippen LogP contribution is -2.48. The van der Waals surface area contributed by atoms with E-state index >= 15 is 0 Å². The van der Waals surface area contributed by atoms with Crippen LogP contribution in [0.1, 0.15) is 74.5 Å². The number of ether oxygens (including phenoxy) is 1. The van der Waals surface area contributed by atoms with E-state index in [1.54, 1.807) is 24.3 Å². The van der Waals surface area contributed by atoms with Gasteiger partial charge < -0.3 is 9.64 Å². The largest absolute Gasteiger partial charge is 0.494 e. The molecular formula is C39H35NO4. The summed E-state index contributed by atoms with van der Waals surface area (Å²) in [5.41, 5.74) is 3.46. The molecule has 4 aromatic rings. The number of hydrogen-bond acceptors (Lipinski definition) is 5. The van der Waals surface area contributed by atoms with Crippen LogP contribution in [0.25, 0.3) is 6.08 Å². The molecule has 0 unspecified atom stereocenters. The number of ketones is 3. The minimum atomic E-state index is -1.56. The van der Waals surface area contributed by atoms with Crippen LogP contribution in [-0.4, -0.2) is 36.0 Å². The number of anilines is 1. The molecule has 7 rings (SSSR count). The lowest BCUT2D eigenvalue weighted by molar-refractivity contribution is 0.0664. The Labute approximate surface area is 258 Å². The lowest BCUT2D eigenvalue weighted by atomic mass is 9.64. The summed E-state index contributed by atoms with van der Waals surface area (Å²) in [5, 5.41) is 0. The summed E-state index contributed by atoms with van der Waals surface area (Å²) in [6, 6.07) is 28.8. The quantitative estimate of drug-likeness (QED) is 0.166. The number of nitrogens with zero attached hydrogens (tertiary/aromatic N) is 1. The molecule has 0 saturated carbocycles. The third kappa shape index (κ3) is 4.02. The number of carbonyl (C=O) groups excluding carboxylic acids is 3. The van der Waals surface area contributed by atoms with Crippen molar-refractivity contribution in [3.05, 3.63) is 137 Å². The first kappa shape index (κ1) is 28.0. The Hall–Kier alpha value is -4.77. The van der Waals surface area contributed by atoms with E-state index < -0.39 is 23.4 Å². The van der Waals surface area contributed by atoms with Gasteiger partial charge in [-0.1, -0.05) is 111 Å². The minimum Gasteiger partial charge on any atom is -0.494 e. The van der Waals surface area contributed by atoms with Gasteiger partial charge in [-0.15, -0.1) is 0 Å². The first-order valence-electron chi connectivity index (χ1n) is 15.5. The van der Waals surface area contributed by atoms with E-state index in [0.717, 1.165) is 17.7 Å². The van der Waals surface area contributed by atoms with Crippen LogP contribution in [0.4, 0.5) is 5.69 Å². The molecule has 5 nitrogen and oxygen atoms in total. The van der Waals surface area contributed by atoms with Gasteiger partial charge in [-0.05, 0) is 42.5 Å². The van der Waals surface area contributed by atoms with Crippen molar-refractivity contribution in [2.24, 2.45) is 11.3 Å². The van der Waals surface area contributed by atoms with Gasteiger partial charge in [0.25, 0.3) is 0 Å². The number of para-hydroxylation sites is 2. The number of benzene rings is 4. The predicted molar refractivity (Wildman–Crippen MR) is 173 cm³/mol. The molecule has 3 atom stereocenters. The predicted octanol–water partition coefficient (Wildman–Crippen LogP) is 7.60. The molecule has 5 heteroatoms. The zero-order chi connectivity index (χ0) is 30.6. The van der Waals surface area contributed by atoms with Crippen molar-refractivity contribution in [3.8, 4) is 5.75 Å². The molecule has 1 saturated heterocycles. The van der Waals surface area contributed by atoms with Gasteiger partial charge in [-0.3, -0.25) is 14.4 Å². The molecule has 220 valence electrons. The van der Waals surface area contributed by atoms with Crippen molar-refractivity contribution in [3.63, 3.8) is 0 Å². The maximum Gasteiger partial charge on any atom is 0.185 e. The van der Waals surface area contributed by atoms with E-state index in [2.05, 4.69) is 18.7 Å². The van der Waals surface area contributed by atoms with E-state index in [0.29, 0.717) is 40.5 Å². The molecule has 4 aromatic carbocycles. The van der Waals surface area contributed by atoms with Gasteiger partial charge >= 0.3 is 0 Å². The van der Waals surface area contributed by atoms with Gasteiger partial charge in [-0.25, -0.2) is 0 Å². The number of hydrogen-bond donors (Lipinski definition) is 0. The van der Waals surface area contributed by atoms with Gasteiger partial charge in [-0.2, -0.15) is 0 Å². The monoisotopic (exact) mass is 581 g/mol. The van der Waals surface area contributed by atoms with Crippen LogP contribution in [0.15, 0.2) is 103 Å². The Balaban J connectivity index is 1.50. The Morgan fingerprint density at radius 2 is 1.48 bits per heavy atom. The van der Waals surface area contributed by atoms with E-state index in [9.17, 15) is 14.4 Å². The molecular weight excluding hydrogens is 546 g/mol. The van der Waals surface area contributed by atoms with Crippen molar-refractivity contribution in [2.75, 3.05) is 11.5 Å². The summed E-state index contributed by atoms with van der Waals surface area (Å²) in [5.74, 6) is -0.337. The standard InChI is InChI=1S/C39H35NO4/c1-4-44-32-16-10-8-14-30(32)34-35(36(41)27-19-17-25(18-20-27)23-24(2)3)40-31-15-9-5-11-26(31)21-22-33(40)39(34)37(42)28-12-6-7-13-29(28)38(39)43/h5-22,24,33-35H,4,23H2,1-3H3/t33-,34-,35+/m1/s1. The van der Waals surface area contributed by atoms with Crippen LogP contribution in [0.2, 0.25) is 0 Å². The van der Waals surface area contributed by atoms with Crippen molar-refractivity contribution in [1.82, 2.24) is 0 Å². The molecule has 1 aliphatic carbocycles. The molecule has 1 fully saturated rings. The Morgan fingerprint density at radius 3 is 2.16 bits per heavy atom. The summed E-state index contributed by atoms with van der Waals surface area (Å²) in [4.78, 5) is 46.8. The van der Waals surface area contributed by atoms with Crippen LogP contribution in [0, 0.1) is 11.3 Å². The highest BCUT2D eigenvalue weighted by Gasteiger charge is 2.71. The molecule has 0 N–H and O–H groups in total. The smallest absolute Gasteiger partial charge is 0.185 e. The molecule has 2 heterocycles. The summed E-state index contributed by atoms with van der Waals surface area (Å²) in [6.45, 7) is 6.66. The second-order valence-corrected chi connectivity index (χ2v) is 12.4. The molecule has 1 spiro atoms. The first-order chi connectivity index (χ1) is 21.4. The number of fused-ring (bicyclic) bond motifs is 5. The van der Waals surface area contributed by atoms with Gasteiger partial charge in [0.2, 0.25) is 0 Å². The van der Waals surface area contributed by atoms with Gasteiger partial charge in [0.05, 0.1) is 12.6 Å². The van der Waals surface area contributed by atoms with Crippen molar-refractivity contribution >= 4 is 29.1 Å². The Morgan fingerprint density at radius 1 is 0.841 bits per heavy atom. The summed E-state index contributed by atoms with van der Waals surface area (Å²) < 4.78 is 6.14. The lowest BCUT2D eigenvalue weighted by Gasteiger charge is -2.37. The average Bonchev–Trinajstić information content (AvgIpc) is 3.47. The van der Waals surface area contributed by atoms with E-state index in [4.69, 9.17) is 4.74 Å². The van der Waals surface area contributed by atoms with E-state index in [1.165, 1.54) is 5.56 Å². The maximum atomic E-state index is 15.0. The second-order valence-electron chi connectivity index (χ2n) is 12.4. The Kier molecular flexibility index (Phi) is 6.84. The van der Waals surface area contributed by atoms with Crippen molar-refractivity contribution in [2.45, 2.75) is 45.2 Å². The molecule has 0 radical (unpaired) electrons. The fourth-order valence-corrected chi connectivity index (χ4v) is 7.73. The number of rotatable bonds is 7. The topological polar surface area (TPSA) is 63.7 Å². The van der Waals surface area contributed by atoms with Gasteiger partial charge in [0, 0.05) is 33.9 Å². The third-order valence-electron chi connectivity index (χ3n) is 9.42. The molecule has 0 bridgehead atoms. The average molecular weight is 582 g/mol. The first-order valence-corrected chi connectivity index (χ1v) is 15.5. The van der Waals surface area contributed by atoms with Gasteiger partial charge in [0.1, 0.15) is 17.2 Å². The summed E-state index contributed by atoms with van der Waals surface area (Å²) in [7, 11) is 0. The highest BCUT2D eigenvalue weighted by atomic mass is 16.5. The van der Waals surface area contributed by atoms with Crippen LogP contribution >= 0.6 is 0 Å². The number of carbonyl (C=O) groups is 3. The number of Topliss-reactive ketones (excluding diaryl/α,β-unsaturated/α-hetero) is 3. The van der Waals surface area contributed by atoms with Crippen LogP contribution in [0.3, 0.4) is 0 Å².